The molecule has 1 atom stereocenters. The quantitative estimate of drug-likeness (QED) is 0.829. The Balaban J connectivity index is 1.48. The molecule has 0 N–H and O–H groups in total. The third kappa shape index (κ3) is 3.61. The van der Waals surface area contributed by atoms with Gasteiger partial charge in [-0.15, -0.1) is 0 Å². The van der Waals surface area contributed by atoms with Gasteiger partial charge in [0, 0.05) is 25.4 Å². The van der Waals surface area contributed by atoms with Crippen molar-refractivity contribution in [3.8, 4) is 5.88 Å². The van der Waals surface area contributed by atoms with Crippen molar-refractivity contribution >= 4 is 5.82 Å². The molecule has 0 amide bonds. The summed E-state index contributed by atoms with van der Waals surface area (Å²) in [5.74, 6) is 1.52. The monoisotopic (exact) mass is 342 g/mol. The second kappa shape index (κ2) is 7.39. The lowest BCUT2D eigenvalue weighted by molar-refractivity contribution is 0.207. The Morgan fingerprint density at radius 2 is 2.08 bits per heavy atom. The number of anilines is 1. The van der Waals surface area contributed by atoms with Crippen molar-refractivity contribution in [2.24, 2.45) is 0 Å². The van der Waals surface area contributed by atoms with E-state index in [0.717, 1.165) is 31.9 Å². The van der Waals surface area contributed by atoms with Crippen LogP contribution in [0.5, 0.6) is 5.88 Å². The van der Waals surface area contributed by atoms with Gasteiger partial charge in [0.2, 0.25) is 5.88 Å². The Bertz CT molecular complexity index is 696. The lowest BCUT2D eigenvalue weighted by Gasteiger charge is -2.36. The number of aromatic nitrogens is 4. The number of hydrogen-bond acceptors (Lipinski definition) is 6. The first-order valence-corrected chi connectivity index (χ1v) is 9.19. The standard InChI is InChI=1S/C18H26N6O/c1-25-18-11-17(19-14-20-18)23-12-15-5-7-21-24(15)16(13-23)6-10-22-8-3-2-4-9-22/h5,7,11,14,16H,2-4,6,8-10,12-13H2,1H3. The van der Waals surface area contributed by atoms with E-state index in [1.54, 1.807) is 13.4 Å². The zero-order valence-electron chi connectivity index (χ0n) is 14.8. The van der Waals surface area contributed by atoms with Crippen LogP contribution in [0.3, 0.4) is 0 Å². The average Bonchev–Trinajstić information content (AvgIpc) is 3.15. The Hall–Kier alpha value is -2.15. The number of likely N-dealkylation sites (tertiary alicyclic amines) is 1. The maximum absolute atomic E-state index is 5.25. The predicted octanol–water partition coefficient (Wildman–Crippen LogP) is 2.12. The van der Waals surface area contributed by atoms with Gasteiger partial charge in [0.1, 0.15) is 12.1 Å². The normalized spacial score (nSPS) is 21.2. The number of fused-ring (bicyclic) bond motifs is 1. The molecule has 25 heavy (non-hydrogen) atoms. The van der Waals surface area contributed by atoms with Gasteiger partial charge in [-0.1, -0.05) is 6.42 Å². The highest BCUT2D eigenvalue weighted by Crippen LogP contribution is 2.28. The van der Waals surface area contributed by atoms with Gasteiger partial charge >= 0.3 is 0 Å². The molecule has 2 aliphatic heterocycles. The molecule has 2 aromatic heterocycles. The number of nitrogens with zero attached hydrogens (tertiary/aromatic N) is 6. The third-order valence-corrected chi connectivity index (χ3v) is 5.27. The second-order valence-corrected chi connectivity index (χ2v) is 6.91. The van der Waals surface area contributed by atoms with Crippen molar-refractivity contribution in [1.82, 2.24) is 24.6 Å². The smallest absolute Gasteiger partial charge is 0.218 e. The molecule has 2 aliphatic rings. The summed E-state index contributed by atoms with van der Waals surface area (Å²) in [6.45, 7) is 5.37. The minimum atomic E-state index is 0.377. The molecule has 134 valence electrons. The molecule has 4 rings (SSSR count). The van der Waals surface area contributed by atoms with Crippen LogP contribution in [-0.2, 0) is 6.54 Å². The SMILES string of the molecule is COc1cc(N2Cc3ccnn3C(CCN3CCCCC3)C2)ncn1. The van der Waals surface area contributed by atoms with Gasteiger partial charge in [-0.3, -0.25) is 4.68 Å². The first kappa shape index (κ1) is 16.3. The van der Waals surface area contributed by atoms with Crippen LogP contribution in [0.15, 0.2) is 24.7 Å². The molecule has 0 aromatic carbocycles. The van der Waals surface area contributed by atoms with E-state index < -0.39 is 0 Å². The van der Waals surface area contributed by atoms with Gasteiger partial charge in [-0.05, 0) is 38.4 Å². The molecule has 2 aromatic rings. The Labute approximate surface area is 148 Å². The van der Waals surface area contributed by atoms with Crippen LogP contribution < -0.4 is 9.64 Å². The fourth-order valence-electron chi connectivity index (χ4n) is 3.90. The molecule has 0 saturated carbocycles. The first-order chi connectivity index (χ1) is 12.3. The summed E-state index contributed by atoms with van der Waals surface area (Å²) < 4.78 is 7.46. The van der Waals surface area contributed by atoms with E-state index >= 15 is 0 Å². The fraction of sp³-hybridized carbons (Fsp3) is 0.611. The Morgan fingerprint density at radius 3 is 2.92 bits per heavy atom. The summed E-state index contributed by atoms with van der Waals surface area (Å²) in [6.07, 6.45) is 8.66. The summed E-state index contributed by atoms with van der Waals surface area (Å²) in [5.41, 5.74) is 1.24. The third-order valence-electron chi connectivity index (χ3n) is 5.27. The number of rotatable bonds is 5. The summed E-state index contributed by atoms with van der Waals surface area (Å²) in [4.78, 5) is 13.5. The van der Waals surface area contributed by atoms with Crippen LogP contribution in [0.2, 0.25) is 0 Å². The van der Waals surface area contributed by atoms with Crippen molar-refractivity contribution in [1.29, 1.82) is 0 Å². The molecule has 0 bridgehead atoms. The highest BCUT2D eigenvalue weighted by molar-refractivity contribution is 5.42. The van der Waals surface area contributed by atoms with Crippen LogP contribution in [0.25, 0.3) is 0 Å². The van der Waals surface area contributed by atoms with E-state index in [4.69, 9.17) is 4.74 Å². The molecule has 1 unspecified atom stereocenters. The lowest BCUT2D eigenvalue weighted by atomic mass is 10.1. The minimum Gasteiger partial charge on any atom is -0.481 e. The predicted molar refractivity (Wildman–Crippen MR) is 95.8 cm³/mol. The van der Waals surface area contributed by atoms with E-state index in [1.807, 2.05) is 12.3 Å². The van der Waals surface area contributed by atoms with E-state index in [9.17, 15) is 0 Å². The summed E-state index contributed by atoms with van der Waals surface area (Å²) in [5, 5.41) is 4.58. The van der Waals surface area contributed by atoms with Crippen molar-refractivity contribution in [2.45, 2.75) is 38.3 Å². The molecule has 0 spiro atoms. The van der Waals surface area contributed by atoms with Crippen molar-refractivity contribution in [2.75, 3.05) is 38.2 Å². The van der Waals surface area contributed by atoms with E-state index in [2.05, 4.69) is 35.6 Å². The number of piperidine rings is 1. The van der Waals surface area contributed by atoms with Gasteiger partial charge in [-0.25, -0.2) is 9.97 Å². The van der Waals surface area contributed by atoms with Crippen LogP contribution in [0.1, 0.15) is 37.4 Å². The first-order valence-electron chi connectivity index (χ1n) is 9.19. The molecule has 7 heteroatoms. The zero-order valence-corrected chi connectivity index (χ0v) is 14.8. The molecule has 7 nitrogen and oxygen atoms in total. The Morgan fingerprint density at radius 1 is 1.20 bits per heavy atom. The van der Waals surface area contributed by atoms with Crippen molar-refractivity contribution < 1.29 is 4.74 Å². The number of hydrogen-bond donors (Lipinski definition) is 0. The maximum atomic E-state index is 5.25. The largest absolute Gasteiger partial charge is 0.481 e. The fourth-order valence-corrected chi connectivity index (χ4v) is 3.90. The van der Waals surface area contributed by atoms with Gasteiger partial charge in [0.05, 0.1) is 25.4 Å². The van der Waals surface area contributed by atoms with Crippen LogP contribution in [-0.4, -0.2) is 57.9 Å². The summed E-state index contributed by atoms with van der Waals surface area (Å²) in [6, 6.07) is 4.40. The van der Waals surface area contributed by atoms with Gasteiger partial charge < -0.3 is 14.5 Å². The maximum Gasteiger partial charge on any atom is 0.218 e. The molecule has 4 heterocycles. The molecule has 1 saturated heterocycles. The molecule has 0 aliphatic carbocycles. The van der Waals surface area contributed by atoms with Gasteiger partial charge in [0.25, 0.3) is 0 Å². The number of ether oxygens (including phenoxy) is 1. The minimum absolute atomic E-state index is 0.377. The van der Waals surface area contributed by atoms with Crippen LogP contribution in [0.4, 0.5) is 5.82 Å². The van der Waals surface area contributed by atoms with Crippen molar-refractivity contribution in [3.63, 3.8) is 0 Å². The average molecular weight is 342 g/mol. The van der Waals surface area contributed by atoms with Gasteiger partial charge in [-0.2, -0.15) is 5.10 Å². The lowest BCUT2D eigenvalue weighted by Crippen LogP contribution is -2.40. The van der Waals surface area contributed by atoms with E-state index in [-0.39, 0.29) is 0 Å². The summed E-state index contributed by atoms with van der Waals surface area (Å²) >= 11 is 0. The van der Waals surface area contributed by atoms with E-state index in [1.165, 1.54) is 38.0 Å². The summed E-state index contributed by atoms with van der Waals surface area (Å²) in [7, 11) is 1.64. The molecule has 1 fully saturated rings. The van der Waals surface area contributed by atoms with E-state index in [0.29, 0.717) is 11.9 Å². The highest BCUT2D eigenvalue weighted by atomic mass is 16.5. The molecular weight excluding hydrogens is 316 g/mol. The Kier molecular flexibility index (Phi) is 4.83. The van der Waals surface area contributed by atoms with Crippen LogP contribution >= 0.6 is 0 Å². The van der Waals surface area contributed by atoms with Gasteiger partial charge in [0.15, 0.2) is 0 Å². The topological polar surface area (TPSA) is 59.3 Å². The zero-order chi connectivity index (χ0) is 17.1. The second-order valence-electron chi connectivity index (χ2n) is 6.91. The number of methoxy groups -OCH3 is 1. The highest BCUT2D eigenvalue weighted by Gasteiger charge is 2.27. The van der Waals surface area contributed by atoms with Crippen LogP contribution in [0, 0.1) is 0 Å². The molecule has 0 radical (unpaired) electrons. The van der Waals surface area contributed by atoms with Crippen molar-refractivity contribution in [3.05, 3.63) is 30.4 Å². The molecular formula is C18H26N6O.